The van der Waals surface area contributed by atoms with Gasteiger partial charge < -0.3 is 17.1 Å². The number of hydrogen-bond donors (Lipinski definition) is 2. The number of aliphatic hydroxyl groups is 2. The maximum atomic E-state index is 7.00. The molecule has 58 valence electrons. The summed E-state index contributed by atoms with van der Waals surface area (Å²) in [5.74, 6) is 0. The van der Waals surface area contributed by atoms with Crippen LogP contribution in [0.15, 0.2) is 0 Å². The van der Waals surface area contributed by atoms with Gasteiger partial charge in [-0.2, -0.15) is 6.42 Å². The Labute approximate surface area is 77.4 Å². The minimum absolute atomic E-state index is 0. The standard InChI is InChI=1S/C4H9.2CH4O.Zr/c1-3-4-2;2*1-2;/h1,3-4H2,2H3;2*2H,1H3;/q-1;;;. The molecule has 0 radical (unpaired) electrons. The topological polar surface area (TPSA) is 40.5 Å². The van der Waals surface area contributed by atoms with E-state index in [0.29, 0.717) is 0 Å². The molecule has 0 bridgehead atoms. The summed E-state index contributed by atoms with van der Waals surface area (Å²) in [4.78, 5) is 0. The molecule has 2 nitrogen and oxygen atoms in total. The van der Waals surface area contributed by atoms with Gasteiger partial charge in [0.2, 0.25) is 0 Å². The van der Waals surface area contributed by atoms with Crippen LogP contribution in [0.3, 0.4) is 0 Å². The SMILES string of the molecule is CO.CO.[CH2-]CCC.[Zr]. The third-order valence-electron chi connectivity index (χ3n) is 0.354. The minimum atomic E-state index is 0. The van der Waals surface area contributed by atoms with E-state index in [1.165, 1.54) is 6.42 Å². The van der Waals surface area contributed by atoms with Gasteiger partial charge in [-0.15, -0.1) is 0 Å². The summed E-state index contributed by atoms with van der Waals surface area (Å²) in [5.41, 5.74) is 0. The molecule has 0 saturated carbocycles. The second-order valence-corrected chi connectivity index (χ2v) is 0.854. The summed E-state index contributed by atoms with van der Waals surface area (Å²) in [5, 5.41) is 14.0. The first kappa shape index (κ1) is 22.6. The Morgan fingerprint density at radius 3 is 1.22 bits per heavy atom. The molecule has 0 amide bonds. The van der Waals surface area contributed by atoms with Crippen LogP contribution in [0, 0.1) is 6.92 Å². The maximum Gasteiger partial charge on any atom is 0.0319 e. The zero-order valence-corrected chi connectivity index (χ0v) is 8.97. The van der Waals surface area contributed by atoms with E-state index in [1.54, 1.807) is 0 Å². The van der Waals surface area contributed by atoms with E-state index in [9.17, 15) is 0 Å². The van der Waals surface area contributed by atoms with Crippen LogP contribution in [0.5, 0.6) is 0 Å². The van der Waals surface area contributed by atoms with Crippen molar-refractivity contribution in [3.8, 4) is 0 Å². The third kappa shape index (κ3) is 125. The van der Waals surface area contributed by atoms with Crippen LogP contribution >= 0.6 is 0 Å². The number of aliphatic hydroxyl groups excluding tert-OH is 2. The molecule has 0 aliphatic rings. The van der Waals surface area contributed by atoms with Crippen molar-refractivity contribution in [2.75, 3.05) is 14.2 Å². The molecule has 0 unspecified atom stereocenters. The summed E-state index contributed by atoms with van der Waals surface area (Å²) in [6, 6.07) is 0. The molecule has 3 heteroatoms. The molecule has 0 aliphatic heterocycles. The van der Waals surface area contributed by atoms with Crippen LogP contribution < -0.4 is 0 Å². The predicted molar refractivity (Wildman–Crippen MR) is 36.6 cm³/mol. The molecule has 9 heavy (non-hydrogen) atoms. The fourth-order valence-corrected chi connectivity index (χ4v) is 0. The summed E-state index contributed by atoms with van der Waals surface area (Å²) in [6.07, 6.45) is 2.28. The van der Waals surface area contributed by atoms with E-state index in [1.807, 2.05) is 0 Å². The van der Waals surface area contributed by atoms with Crippen LogP contribution in [0.4, 0.5) is 0 Å². The van der Waals surface area contributed by atoms with Gasteiger partial charge in [-0.1, -0.05) is 13.3 Å². The van der Waals surface area contributed by atoms with Gasteiger partial charge in [-0.25, -0.2) is 0 Å². The van der Waals surface area contributed by atoms with Gasteiger partial charge in [0.05, 0.1) is 0 Å². The summed E-state index contributed by atoms with van der Waals surface area (Å²) in [6.45, 7) is 5.72. The molecular formula is C6H17O2Zr-. The largest absolute Gasteiger partial charge is 0.400 e. The van der Waals surface area contributed by atoms with Gasteiger partial charge in [-0.3, -0.25) is 0 Å². The fourth-order valence-electron chi connectivity index (χ4n) is 0. The molecule has 0 aromatic rings. The molecule has 0 aromatic heterocycles. The first-order valence-electron chi connectivity index (χ1n) is 2.60. The molecule has 0 atom stereocenters. The molecule has 0 aromatic carbocycles. The van der Waals surface area contributed by atoms with E-state index >= 15 is 0 Å². The van der Waals surface area contributed by atoms with Crippen LogP contribution in [0.25, 0.3) is 0 Å². The van der Waals surface area contributed by atoms with Crippen molar-refractivity contribution in [3.05, 3.63) is 6.92 Å². The Morgan fingerprint density at radius 1 is 1.11 bits per heavy atom. The Kier molecular flexibility index (Phi) is 171. The first-order chi connectivity index (χ1) is 3.91. The zero-order valence-electron chi connectivity index (χ0n) is 6.52. The van der Waals surface area contributed by atoms with Crippen LogP contribution in [-0.4, -0.2) is 24.4 Å². The summed E-state index contributed by atoms with van der Waals surface area (Å²) >= 11 is 0. The quantitative estimate of drug-likeness (QED) is 0.632. The van der Waals surface area contributed by atoms with Crippen LogP contribution in [-0.2, 0) is 26.2 Å². The maximum absolute atomic E-state index is 7.00. The number of rotatable bonds is 1. The molecule has 0 spiro atoms. The van der Waals surface area contributed by atoms with Crippen molar-refractivity contribution in [1.29, 1.82) is 0 Å². The molecular weight excluding hydrogens is 195 g/mol. The normalized spacial score (nSPS) is 4.67. The molecule has 0 heterocycles. The average Bonchev–Trinajstić information content (AvgIpc) is 1.96. The summed E-state index contributed by atoms with van der Waals surface area (Å²) < 4.78 is 0. The Balaban J connectivity index is -0.0000000221. The van der Waals surface area contributed by atoms with Crippen molar-refractivity contribution >= 4 is 0 Å². The van der Waals surface area contributed by atoms with Crippen LogP contribution in [0.2, 0.25) is 0 Å². The minimum Gasteiger partial charge on any atom is -0.400 e. The van der Waals surface area contributed by atoms with Gasteiger partial charge >= 0.3 is 0 Å². The first-order valence-corrected chi connectivity index (χ1v) is 2.60. The molecule has 0 aliphatic carbocycles. The van der Waals surface area contributed by atoms with E-state index in [0.717, 1.165) is 20.6 Å². The van der Waals surface area contributed by atoms with Gasteiger partial charge in [0.1, 0.15) is 0 Å². The van der Waals surface area contributed by atoms with Crippen molar-refractivity contribution < 1.29 is 36.4 Å². The van der Waals surface area contributed by atoms with E-state index in [2.05, 4.69) is 13.8 Å². The van der Waals surface area contributed by atoms with Crippen molar-refractivity contribution in [2.45, 2.75) is 19.8 Å². The van der Waals surface area contributed by atoms with Gasteiger partial charge in [0, 0.05) is 40.4 Å². The van der Waals surface area contributed by atoms with E-state index in [4.69, 9.17) is 10.2 Å². The van der Waals surface area contributed by atoms with Gasteiger partial charge in [0.25, 0.3) is 0 Å². The van der Waals surface area contributed by atoms with Gasteiger partial charge in [-0.05, 0) is 0 Å². The molecule has 0 rings (SSSR count). The second-order valence-electron chi connectivity index (χ2n) is 0.854. The number of hydrogen-bond acceptors (Lipinski definition) is 2. The molecule has 0 fully saturated rings. The van der Waals surface area contributed by atoms with E-state index < -0.39 is 0 Å². The van der Waals surface area contributed by atoms with Crippen LogP contribution in [0.1, 0.15) is 19.8 Å². The summed E-state index contributed by atoms with van der Waals surface area (Å²) in [7, 11) is 2.00. The molecule has 0 saturated heterocycles. The zero-order chi connectivity index (χ0) is 7.41. The van der Waals surface area contributed by atoms with Crippen molar-refractivity contribution in [3.63, 3.8) is 0 Å². The predicted octanol–water partition coefficient (Wildman–Crippen LogP) is 0.835. The van der Waals surface area contributed by atoms with Crippen molar-refractivity contribution in [1.82, 2.24) is 0 Å². The second kappa shape index (κ2) is 68.2. The molecule has 2 N–H and O–H groups in total. The smallest absolute Gasteiger partial charge is 0.0319 e. The monoisotopic (exact) mass is 211 g/mol. The van der Waals surface area contributed by atoms with Crippen molar-refractivity contribution in [2.24, 2.45) is 0 Å². The Bertz CT molecular complexity index is 13.0. The van der Waals surface area contributed by atoms with E-state index in [-0.39, 0.29) is 26.2 Å². The fraction of sp³-hybridized carbons (Fsp3) is 0.833. The third-order valence-corrected chi connectivity index (χ3v) is 0.354. The Morgan fingerprint density at radius 2 is 1.22 bits per heavy atom. The Hall–Kier alpha value is 0.803. The van der Waals surface area contributed by atoms with Gasteiger partial charge in [0.15, 0.2) is 0 Å². The average molecular weight is 212 g/mol. The number of unbranched alkanes of at least 4 members (excludes halogenated alkanes) is 1.